The number of phenolic OH excluding ortho intramolecular Hbond substituents is 1. The van der Waals surface area contributed by atoms with Crippen LogP contribution in [0.2, 0.25) is 0 Å². The first-order chi connectivity index (χ1) is 12.2. The molecule has 0 spiro atoms. The maximum absolute atomic E-state index is 12.5. The summed E-state index contributed by atoms with van der Waals surface area (Å²) in [6.07, 6.45) is 13.2. The van der Waals surface area contributed by atoms with Gasteiger partial charge in [-0.1, -0.05) is 31.1 Å². The summed E-state index contributed by atoms with van der Waals surface area (Å²) in [5, 5.41) is 10.8. The molecule has 3 aliphatic carbocycles. The van der Waals surface area contributed by atoms with E-state index < -0.39 is 0 Å². The lowest BCUT2D eigenvalue weighted by atomic mass is 9.67. The Labute approximate surface area is 149 Å². The van der Waals surface area contributed by atoms with Gasteiger partial charge in [0.25, 0.3) is 0 Å². The average Bonchev–Trinajstić information content (AvgIpc) is 2.67. The molecule has 1 fully saturated rings. The Morgan fingerprint density at radius 1 is 1.12 bits per heavy atom. The van der Waals surface area contributed by atoms with E-state index in [9.17, 15) is 9.90 Å². The molecule has 0 aliphatic heterocycles. The third kappa shape index (κ3) is 2.80. The SMILES string of the molecule is COC(=O)C1=C(c2c(O)ccc3c2CCCC3)[C@@H]2CCCC[C@@H]2C=C1. The van der Waals surface area contributed by atoms with Gasteiger partial charge < -0.3 is 9.84 Å². The Bertz CT molecular complexity index is 757. The first-order valence-electron chi connectivity index (χ1n) is 9.55. The van der Waals surface area contributed by atoms with E-state index in [2.05, 4.69) is 12.1 Å². The highest BCUT2D eigenvalue weighted by Gasteiger charge is 2.36. The van der Waals surface area contributed by atoms with Crippen molar-refractivity contribution in [3.05, 3.63) is 46.5 Å². The number of carbonyl (C=O) groups excluding carboxylic acids is 1. The normalized spacial score (nSPS) is 25.3. The van der Waals surface area contributed by atoms with Crippen molar-refractivity contribution >= 4 is 11.5 Å². The number of allylic oxidation sites excluding steroid dienone is 2. The fourth-order valence-corrected chi connectivity index (χ4v) is 4.98. The Morgan fingerprint density at radius 3 is 2.76 bits per heavy atom. The Morgan fingerprint density at radius 2 is 1.92 bits per heavy atom. The van der Waals surface area contributed by atoms with Crippen molar-refractivity contribution < 1.29 is 14.6 Å². The van der Waals surface area contributed by atoms with E-state index >= 15 is 0 Å². The summed E-state index contributed by atoms with van der Waals surface area (Å²) >= 11 is 0. The number of fused-ring (bicyclic) bond motifs is 2. The minimum absolute atomic E-state index is 0.289. The Balaban J connectivity index is 1.94. The van der Waals surface area contributed by atoms with Crippen LogP contribution in [0.15, 0.2) is 29.9 Å². The molecule has 25 heavy (non-hydrogen) atoms. The van der Waals surface area contributed by atoms with Crippen LogP contribution in [0.3, 0.4) is 0 Å². The monoisotopic (exact) mass is 338 g/mol. The largest absolute Gasteiger partial charge is 0.507 e. The second kappa shape index (κ2) is 6.70. The second-order valence-corrected chi connectivity index (χ2v) is 7.54. The number of hydrogen-bond donors (Lipinski definition) is 1. The van der Waals surface area contributed by atoms with Crippen molar-refractivity contribution in [2.75, 3.05) is 7.11 Å². The van der Waals surface area contributed by atoms with Crippen molar-refractivity contribution in [2.24, 2.45) is 11.8 Å². The number of methoxy groups -OCH3 is 1. The number of rotatable bonds is 2. The van der Waals surface area contributed by atoms with Crippen LogP contribution < -0.4 is 0 Å². The molecule has 3 nitrogen and oxygen atoms in total. The van der Waals surface area contributed by atoms with Gasteiger partial charge in [-0.05, 0) is 73.1 Å². The van der Waals surface area contributed by atoms with Gasteiger partial charge in [-0.2, -0.15) is 0 Å². The van der Waals surface area contributed by atoms with Gasteiger partial charge in [0.2, 0.25) is 0 Å². The van der Waals surface area contributed by atoms with Crippen LogP contribution in [0.4, 0.5) is 0 Å². The third-order valence-corrected chi connectivity index (χ3v) is 6.18. The minimum Gasteiger partial charge on any atom is -0.507 e. The number of ether oxygens (including phenoxy) is 1. The van der Waals surface area contributed by atoms with Crippen LogP contribution in [-0.4, -0.2) is 18.2 Å². The molecule has 1 N–H and O–H groups in total. The number of hydrogen-bond acceptors (Lipinski definition) is 3. The topological polar surface area (TPSA) is 46.5 Å². The molecule has 1 aromatic rings. The molecule has 0 amide bonds. The third-order valence-electron chi connectivity index (χ3n) is 6.18. The van der Waals surface area contributed by atoms with Gasteiger partial charge >= 0.3 is 5.97 Å². The summed E-state index contributed by atoms with van der Waals surface area (Å²) in [5.74, 6) is 0.808. The van der Waals surface area contributed by atoms with E-state index in [0.717, 1.165) is 43.2 Å². The molecule has 0 bridgehead atoms. The highest BCUT2D eigenvalue weighted by Crippen LogP contribution is 2.49. The number of benzene rings is 1. The van der Waals surface area contributed by atoms with Crippen molar-refractivity contribution in [3.8, 4) is 5.75 Å². The first-order valence-corrected chi connectivity index (χ1v) is 9.55. The number of aromatic hydroxyl groups is 1. The first kappa shape index (κ1) is 16.4. The maximum Gasteiger partial charge on any atom is 0.338 e. The molecule has 0 aromatic heterocycles. The molecule has 4 rings (SSSR count). The highest BCUT2D eigenvalue weighted by molar-refractivity contribution is 6.02. The van der Waals surface area contributed by atoms with E-state index in [4.69, 9.17) is 4.74 Å². The molecule has 132 valence electrons. The summed E-state index contributed by atoms with van der Waals surface area (Å²) in [7, 11) is 1.44. The van der Waals surface area contributed by atoms with Gasteiger partial charge in [0.15, 0.2) is 0 Å². The molecule has 0 saturated heterocycles. The number of carbonyl (C=O) groups is 1. The van der Waals surface area contributed by atoms with E-state index in [-0.39, 0.29) is 5.97 Å². The van der Waals surface area contributed by atoms with E-state index in [1.54, 1.807) is 0 Å². The minimum atomic E-state index is -0.289. The summed E-state index contributed by atoms with van der Waals surface area (Å²) in [6, 6.07) is 3.88. The average molecular weight is 338 g/mol. The molecule has 0 radical (unpaired) electrons. The number of phenols is 1. The van der Waals surface area contributed by atoms with Crippen LogP contribution in [0.25, 0.3) is 5.57 Å². The predicted octanol–water partition coefficient (Wildman–Crippen LogP) is 4.57. The predicted molar refractivity (Wildman–Crippen MR) is 98.3 cm³/mol. The van der Waals surface area contributed by atoms with Crippen LogP contribution in [-0.2, 0) is 22.4 Å². The lowest BCUT2D eigenvalue weighted by Gasteiger charge is -2.37. The smallest absolute Gasteiger partial charge is 0.338 e. The van der Waals surface area contributed by atoms with Crippen LogP contribution in [0.5, 0.6) is 5.75 Å². The highest BCUT2D eigenvalue weighted by atomic mass is 16.5. The zero-order valence-electron chi connectivity index (χ0n) is 14.9. The van der Waals surface area contributed by atoms with Crippen LogP contribution in [0.1, 0.15) is 55.2 Å². The van der Waals surface area contributed by atoms with Crippen LogP contribution >= 0.6 is 0 Å². The molecule has 1 aromatic carbocycles. The Kier molecular flexibility index (Phi) is 4.41. The molecular formula is C22H26O3. The molecular weight excluding hydrogens is 312 g/mol. The zero-order chi connectivity index (χ0) is 17.4. The van der Waals surface area contributed by atoms with Gasteiger partial charge in [0.1, 0.15) is 5.75 Å². The Hall–Kier alpha value is -2.03. The molecule has 3 heteroatoms. The van der Waals surface area contributed by atoms with Crippen molar-refractivity contribution in [2.45, 2.75) is 51.4 Å². The number of aryl methyl sites for hydroxylation is 1. The van der Waals surface area contributed by atoms with Crippen molar-refractivity contribution in [3.63, 3.8) is 0 Å². The van der Waals surface area contributed by atoms with E-state index in [0.29, 0.717) is 23.2 Å². The fourth-order valence-electron chi connectivity index (χ4n) is 4.98. The summed E-state index contributed by atoms with van der Waals surface area (Å²) in [4.78, 5) is 12.5. The standard InChI is InChI=1S/C22H26O3/c1-25-22(24)18-12-10-14-6-2-4-8-16(14)20(18)21-17-9-5-3-7-15(17)11-13-19(21)23/h10-14,16,23H,2-9H2,1H3/t14-,16-/m1/s1. The molecule has 2 atom stereocenters. The quantitative estimate of drug-likeness (QED) is 0.803. The molecule has 0 unspecified atom stereocenters. The van der Waals surface area contributed by atoms with E-state index in [1.165, 1.54) is 37.5 Å². The van der Waals surface area contributed by atoms with Gasteiger partial charge in [-0.25, -0.2) is 4.79 Å². The molecule has 1 saturated carbocycles. The number of esters is 1. The lowest BCUT2D eigenvalue weighted by molar-refractivity contribution is -0.135. The van der Waals surface area contributed by atoms with Gasteiger partial charge in [-0.15, -0.1) is 0 Å². The molecule has 3 aliphatic rings. The van der Waals surface area contributed by atoms with Crippen molar-refractivity contribution in [1.82, 2.24) is 0 Å². The van der Waals surface area contributed by atoms with E-state index in [1.807, 2.05) is 12.1 Å². The summed E-state index contributed by atoms with van der Waals surface area (Å²) in [6.45, 7) is 0. The lowest BCUT2D eigenvalue weighted by Crippen LogP contribution is -2.26. The second-order valence-electron chi connectivity index (χ2n) is 7.54. The van der Waals surface area contributed by atoms with Gasteiger partial charge in [-0.3, -0.25) is 0 Å². The maximum atomic E-state index is 12.5. The molecule has 0 heterocycles. The van der Waals surface area contributed by atoms with Crippen LogP contribution in [0, 0.1) is 11.8 Å². The summed E-state index contributed by atoms with van der Waals surface area (Å²) in [5.41, 5.74) is 5.19. The van der Waals surface area contributed by atoms with Gasteiger partial charge in [0, 0.05) is 5.56 Å². The van der Waals surface area contributed by atoms with Gasteiger partial charge in [0.05, 0.1) is 12.7 Å². The zero-order valence-corrected chi connectivity index (χ0v) is 14.9. The van der Waals surface area contributed by atoms with Crippen molar-refractivity contribution in [1.29, 1.82) is 0 Å². The fraction of sp³-hybridized carbons (Fsp3) is 0.500. The summed E-state index contributed by atoms with van der Waals surface area (Å²) < 4.78 is 5.08.